The quantitative estimate of drug-likeness (QED) is 0.416. The van der Waals surface area contributed by atoms with Gasteiger partial charge in [0.15, 0.2) is 0 Å². The van der Waals surface area contributed by atoms with E-state index in [4.69, 9.17) is 16.3 Å². The van der Waals surface area contributed by atoms with Gasteiger partial charge in [-0.1, -0.05) is 23.7 Å². The van der Waals surface area contributed by atoms with Crippen molar-refractivity contribution in [3.05, 3.63) is 82.9 Å². The maximum absolute atomic E-state index is 12.6. The van der Waals surface area contributed by atoms with E-state index >= 15 is 0 Å². The van der Waals surface area contributed by atoms with E-state index in [9.17, 15) is 10.1 Å². The zero-order valence-electron chi connectivity index (χ0n) is 17.1. The highest BCUT2D eigenvalue weighted by atomic mass is 35.5. The zero-order chi connectivity index (χ0) is 22.0. The Morgan fingerprint density at radius 3 is 2.42 bits per heavy atom. The lowest BCUT2D eigenvalue weighted by molar-refractivity contribution is 0.102. The van der Waals surface area contributed by atoms with Gasteiger partial charge in [-0.05, 0) is 61.0 Å². The van der Waals surface area contributed by atoms with E-state index in [1.54, 1.807) is 43.5 Å². The Morgan fingerprint density at radius 1 is 1.10 bits per heavy atom. The molecule has 6 heteroatoms. The molecule has 0 saturated carbocycles. The first kappa shape index (κ1) is 20.5. The van der Waals surface area contributed by atoms with Crippen molar-refractivity contribution in [3.63, 3.8) is 0 Å². The average molecular weight is 430 g/mol. The molecule has 1 amide bonds. The van der Waals surface area contributed by atoms with Crippen LogP contribution < -0.4 is 10.1 Å². The number of carbonyl (C=O) groups excluding carboxylic acids is 1. The molecular formula is C25H20ClN3O2. The Labute approximate surface area is 185 Å². The van der Waals surface area contributed by atoms with Crippen molar-refractivity contribution in [2.45, 2.75) is 13.5 Å². The molecule has 0 aliphatic rings. The van der Waals surface area contributed by atoms with Crippen LogP contribution in [0.4, 0.5) is 5.69 Å². The lowest BCUT2D eigenvalue weighted by Gasteiger charge is -2.10. The van der Waals surface area contributed by atoms with Gasteiger partial charge in [0.2, 0.25) is 0 Å². The van der Waals surface area contributed by atoms with Crippen molar-refractivity contribution < 1.29 is 9.53 Å². The number of methoxy groups -OCH3 is 1. The monoisotopic (exact) mass is 429 g/mol. The number of hydrogen-bond acceptors (Lipinski definition) is 3. The van der Waals surface area contributed by atoms with Gasteiger partial charge >= 0.3 is 0 Å². The van der Waals surface area contributed by atoms with Crippen LogP contribution in [0.3, 0.4) is 0 Å². The first-order valence-electron chi connectivity index (χ1n) is 9.83. The van der Waals surface area contributed by atoms with E-state index in [1.807, 2.05) is 37.3 Å². The molecule has 0 aliphatic heterocycles. The third-order valence-electron chi connectivity index (χ3n) is 5.22. The summed E-state index contributed by atoms with van der Waals surface area (Å²) in [5, 5.41) is 14.2. The first-order chi connectivity index (χ1) is 15.0. The number of nitrogens with zero attached hydrogens (tertiary/aromatic N) is 2. The topological polar surface area (TPSA) is 67.0 Å². The number of aromatic nitrogens is 1. The summed E-state index contributed by atoms with van der Waals surface area (Å²) in [5.41, 5.74) is 4.45. The van der Waals surface area contributed by atoms with Gasteiger partial charge in [-0.15, -0.1) is 0 Å². The molecular weight excluding hydrogens is 410 g/mol. The second-order valence-corrected chi connectivity index (χ2v) is 7.44. The summed E-state index contributed by atoms with van der Waals surface area (Å²) in [6.07, 6.45) is 0. The summed E-state index contributed by atoms with van der Waals surface area (Å²) in [6.45, 7) is 2.73. The lowest BCUT2D eigenvalue weighted by Crippen LogP contribution is -2.11. The van der Waals surface area contributed by atoms with E-state index in [-0.39, 0.29) is 5.91 Å². The largest absolute Gasteiger partial charge is 0.497 e. The minimum atomic E-state index is -0.213. The number of fused-ring (bicyclic) bond motifs is 1. The molecule has 0 aliphatic carbocycles. The van der Waals surface area contributed by atoms with Crippen molar-refractivity contribution in [2.75, 3.05) is 12.4 Å². The number of ether oxygens (including phenoxy) is 1. The molecule has 0 atom stereocenters. The van der Waals surface area contributed by atoms with Gasteiger partial charge in [0, 0.05) is 34.3 Å². The van der Waals surface area contributed by atoms with Crippen molar-refractivity contribution in [1.29, 1.82) is 5.26 Å². The van der Waals surface area contributed by atoms with Gasteiger partial charge < -0.3 is 14.6 Å². The molecule has 3 aromatic carbocycles. The molecule has 1 aromatic heterocycles. The first-order valence-corrected chi connectivity index (χ1v) is 10.2. The second-order valence-electron chi connectivity index (χ2n) is 7.00. The molecule has 1 N–H and O–H groups in total. The standard InChI is InChI=1S/C25H20ClN3O2/c1-3-29-23-14-20(31-2)12-13-21(23)22(15-27)24(29)16-4-6-17(7-5-16)25(30)28-19-10-8-18(26)9-11-19/h4-14H,3H2,1-2H3,(H,28,30). The van der Waals surface area contributed by atoms with Crippen molar-refractivity contribution in [1.82, 2.24) is 4.57 Å². The number of nitrogens with one attached hydrogen (secondary N) is 1. The van der Waals surface area contributed by atoms with Gasteiger partial charge in [0.05, 0.1) is 23.9 Å². The van der Waals surface area contributed by atoms with Crippen LogP contribution in [0.15, 0.2) is 66.7 Å². The smallest absolute Gasteiger partial charge is 0.255 e. The van der Waals surface area contributed by atoms with Crippen LogP contribution in [-0.4, -0.2) is 17.6 Å². The van der Waals surface area contributed by atoms with Crippen LogP contribution >= 0.6 is 11.6 Å². The van der Waals surface area contributed by atoms with Gasteiger partial charge in [-0.25, -0.2) is 0 Å². The van der Waals surface area contributed by atoms with E-state index in [1.165, 1.54) is 0 Å². The van der Waals surface area contributed by atoms with E-state index in [0.717, 1.165) is 27.9 Å². The predicted octanol–water partition coefficient (Wildman–Crippen LogP) is 6.11. The fourth-order valence-corrected chi connectivity index (χ4v) is 3.84. The van der Waals surface area contributed by atoms with Crippen molar-refractivity contribution in [3.8, 4) is 23.1 Å². The molecule has 4 rings (SSSR count). The Morgan fingerprint density at radius 2 is 1.81 bits per heavy atom. The fourth-order valence-electron chi connectivity index (χ4n) is 3.71. The molecule has 0 bridgehead atoms. The van der Waals surface area contributed by atoms with Crippen LogP contribution in [-0.2, 0) is 6.54 Å². The maximum atomic E-state index is 12.6. The Kier molecular flexibility index (Phi) is 5.66. The number of anilines is 1. The lowest BCUT2D eigenvalue weighted by atomic mass is 10.0. The van der Waals surface area contributed by atoms with Crippen molar-refractivity contribution in [2.24, 2.45) is 0 Å². The summed E-state index contributed by atoms with van der Waals surface area (Å²) in [7, 11) is 1.63. The molecule has 0 radical (unpaired) electrons. The van der Waals surface area contributed by atoms with Crippen LogP contribution in [0.25, 0.3) is 22.2 Å². The number of carbonyl (C=O) groups is 1. The van der Waals surface area contributed by atoms with Gasteiger partial charge in [0.1, 0.15) is 11.8 Å². The minimum absolute atomic E-state index is 0.213. The maximum Gasteiger partial charge on any atom is 0.255 e. The Hall–Kier alpha value is -3.75. The third-order valence-corrected chi connectivity index (χ3v) is 5.47. The second kappa shape index (κ2) is 8.55. The fraction of sp³-hybridized carbons (Fsp3) is 0.120. The highest BCUT2D eigenvalue weighted by Gasteiger charge is 2.19. The van der Waals surface area contributed by atoms with Gasteiger partial charge in [-0.3, -0.25) is 4.79 Å². The summed E-state index contributed by atoms with van der Waals surface area (Å²) in [4.78, 5) is 12.6. The molecule has 0 saturated heterocycles. The SMILES string of the molecule is CCn1c(-c2ccc(C(=O)Nc3ccc(Cl)cc3)cc2)c(C#N)c2ccc(OC)cc21. The zero-order valence-corrected chi connectivity index (χ0v) is 17.9. The summed E-state index contributed by atoms with van der Waals surface area (Å²) in [6, 6.07) is 22.3. The summed E-state index contributed by atoms with van der Waals surface area (Å²) < 4.78 is 7.46. The predicted molar refractivity (Wildman–Crippen MR) is 124 cm³/mol. The number of nitriles is 1. The third kappa shape index (κ3) is 3.86. The molecule has 0 fully saturated rings. The molecule has 1 heterocycles. The number of halogens is 1. The number of rotatable bonds is 5. The molecule has 0 spiro atoms. The van der Waals surface area contributed by atoms with Crippen LogP contribution in [0.2, 0.25) is 5.02 Å². The van der Waals surface area contributed by atoms with Crippen LogP contribution in [0, 0.1) is 11.3 Å². The van der Waals surface area contributed by atoms with Crippen LogP contribution in [0.1, 0.15) is 22.8 Å². The van der Waals surface area contributed by atoms with Gasteiger partial charge in [-0.2, -0.15) is 5.26 Å². The average Bonchev–Trinajstić information content (AvgIpc) is 3.13. The number of aryl methyl sites for hydroxylation is 1. The van der Waals surface area contributed by atoms with E-state index < -0.39 is 0 Å². The summed E-state index contributed by atoms with van der Waals surface area (Å²) >= 11 is 5.89. The van der Waals surface area contributed by atoms with E-state index in [0.29, 0.717) is 28.4 Å². The molecule has 31 heavy (non-hydrogen) atoms. The van der Waals surface area contributed by atoms with E-state index in [2.05, 4.69) is 16.0 Å². The Bertz CT molecular complexity index is 1300. The van der Waals surface area contributed by atoms with Crippen molar-refractivity contribution >= 4 is 34.1 Å². The number of amides is 1. The highest BCUT2D eigenvalue weighted by molar-refractivity contribution is 6.30. The summed E-state index contributed by atoms with van der Waals surface area (Å²) in [5.74, 6) is 0.528. The molecule has 0 unspecified atom stereocenters. The highest BCUT2D eigenvalue weighted by Crippen LogP contribution is 2.35. The van der Waals surface area contributed by atoms with Gasteiger partial charge in [0.25, 0.3) is 5.91 Å². The molecule has 5 nitrogen and oxygen atoms in total. The molecule has 154 valence electrons. The number of hydrogen-bond donors (Lipinski definition) is 1. The normalized spacial score (nSPS) is 10.6. The number of benzene rings is 3. The Balaban J connectivity index is 1.71. The molecule has 4 aromatic rings. The minimum Gasteiger partial charge on any atom is -0.497 e. The van der Waals surface area contributed by atoms with Crippen LogP contribution in [0.5, 0.6) is 5.75 Å².